The average molecular weight is 279 g/mol. The summed E-state index contributed by atoms with van der Waals surface area (Å²) in [7, 11) is -3.39. The van der Waals surface area contributed by atoms with E-state index in [1.54, 1.807) is 54.6 Å². The summed E-state index contributed by atoms with van der Waals surface area (Å²) in [4.78, 5) is 0.281. The fourth-order valence-electron chi connectivity index (χ4n) is 1.47. The van der Waals surface area contributed by atoms with Crippen molar-refractivity contribution in [2.24, 2.45) is 0 Å². The minimum Gasteiger partial charge on any atom is -0.219 e. The summed E-state index contributed by atoms with van der Waals surface area (Å²) in [6.45, 7) is 0. The van der Waals surface area contributed by atoms with E-state index in [9.17, 15) is 8.42 Å². The molecule has 18 heavy (non-hydrogen) atoms. The lowest BCUT2D eigenvalue weighted by molar-refractivity contribution is 0.605. The SMILES string of the molecule is O=S(=O)(/C=C/c1cccc(Cl)c1)c1ccccc1. The van der Waals surface area contributed by atoms with Crippen LogP contribution in [-0.4, -0.2) is 8.42 Å². The van der Waals surface area contributed by atoms with Gasteiger partial charge in [0.25, 0.3) is 0 Å². The van der Waals surface area contributed by atoms with Gasteiger partial charge in [0.05, 0.1) is 4.90 Å². The fourth-order valence-corrected chi connectivity index (χ4v) is 2.70. The summed E-state index contributed by atoms with van der Waals surface area (Å²) < 4.78 is 23.9. The van der Waals surface area contributed by atoms with Crippen LogP contribution in [0.15, 0.2) is 64.9 Å². The zero-order valence-corrected chi connectivity index (χ0v) is 11.0. The second-order valence-electron chi connectivity index (χ2n) is 3.72. The number of halogens is 1. The highest BCUT2D eigenvalue weighted by Gasteiger charge is 2.08. The van der Waals surface area contributed by atoms with Crippen LogP contribution in [0.5, 0.6) is 0 Å². The second kappa shape index (κ2) is 5.38. The van der Waals surface area contributed by atoms with Crippen LogP contribution in [0, 0.1) is 0 Å². The first-order chi connectivity index (χ1) is 8.58. The van der Waals surface area contributed by atoms with Gasteiger partial charge in [0.15, 0.2) is 9.84 Å². The molecule has 2 aromatic carbocycles. The molecular formula is C14H11ClO2S. The number of sulfone groups is 1. The van der Waals surface area contributed by atoms with Gasteiger partial charge in [-0.15, -0.1) is 0 Å². The van der Waals surface area contributed by atoms with Gasteiger partial charge >= 0.3 is 0 Å². The lowest BCUT2D eigenvalue weighted by Crippen LogP contribution is -1.95. The monoisotopic (exact) mass is 278 g/mol. The molecule has 0 spiro atoms. The van der Waals surface area contributed by atoms with Crippen molar-refractivity contribution in [2.45, 2.75) is 4.90 Å². The molecule has 0 unspecified atom stereocenters. The van der Waals surface area contributed by atoms with Gasteiger partial charge in [-0.1, -0.05) is 41.9 Å². The minimum atomic E-state index is -3.39. The Balaban J connectivity index is 2.29. The molecule has 0 amide bonds. The molecule has 2 aromatic rings. The van der Waals surface area contributed by atoms with Gasteiger partial charge in [-0.25, -0.2) is 8.42 Å². The summed E-state index contributed by atoms with van der Waals surface area (Å²) in [6, 6.07) is 15.3. The largest absolute Gasteiger partial charge is 0.219 e. The highest BCUT2D eigenvalue weighted by molar-refractivity contribution is 7.94. The molecule has 0 saturated carbocycles. The maximum atomic E-state index is 12.0. The molecule has 0 radical (unpaired) electrons. The summed E-state index contributed by atoms with van der Waals surface area (Å²) in [6.07, 6.45) is 1.54. The molecule has 2 nitrogen and oxygen atoms in total. The van der Waals surface area contributed by atoms with Gasteiger partial charge in [-0.3, -0.25) is 0 Å². The molecule has 0 atom stereocenters. The van der Waals surface area contributed by atoms with Crippen LogP contribution in [-0.2, 0) is 9.84 Å². The smallest absolute Gasteiger partial charge is 0.199 e. The molecule has 0 aliphatic carbocycles. The van der Waals surface area contributed by atoms with Gasteiger partial charge < -0.3 is 0 Å². The highest BCUT2D eigenvalue weighted by atomic mass is 35.5. The number of hydrogen-bond acceptors (Lipinski definition) is 2. The predicted octanol–water partition coefficient (Wildman–Crippen LogP) is 3.78. The molecule has 0 N–H and O–H groups in total. The molecular weight excluding hydrogens is 268 g/mol. The number of hydrogen-bond donors (Lipinski definition) is 0. The third-order valence-electron chi connectivity index (χ3n) is 2.36. The van der Waals surface area contributed by atoms with Gasteiger partial charge in [0.1, 0.15) is 0 Å². The quantitative estimate of drug-likeness (QED) is 0.856. The Bertz CT molecular complexity index is 661. The summed E-state index contributed by atoms with van der Waals surface area (Å²) in [5.41, 5.74) is 0.752. The first-order valence-electron chi connectivity index (χ1n) is 5.32. The zero-order valence-electron chi connectivity index (χ0n) is 9.45. The molecule has 0 aromatic heterocycles. The average Bonchev–Trinajstić information content (AvgIpc) is 2.38. The van der Waals surface area contributed by atoms with Crippen LogP contribution in [0.25, 0.3) is 6.08 Å². The normalized spacial score (nSPS) is 11.8. The van der Waals surface area contributed by atoms with Crippen LogP contribution in [0.3, 0.4) is 0 Å². The van der Waals surface area contributed by atoms with E-state index in [1.165, 1.54) is 11.5 Å². The van der Waals surface area contributed by atoms with Crippen molar-refractivity contribution in [1.29, 1.82) is 0 Å². The Morgan fingerprint density at radius 1 is 0.944 bits per heavy atom. The molecule has 0 aliphatic rings. The Kier molecular flexibility index (Phi) is 3.84. The van der Waals surface area contributed by atoms with Crippen molar-refractivity contribution in [1.82, 2.24) is 0 Å². The van der Waals surface area contributed by atoms with Gasteiger partial charge in [0.2, 0.25) is 0 Å². The third-order valence-corrected chi connectivity index (χ3v) is 4.02. The van der Waals surface area contributed by atoms with Crippen molar-refractivity contribution >= 4 is 27.5 Å². The predicted molar refractivity (Wildman–Crippen MR) is 74.1 cm³/mol. The van der Waals surface area contributed by atoms with E-state index >= 15 is 0 Å². The molecule has 92 valence electrons. The Hall–Kier alpha value is -1.58. The lowest BCUT2D eigenvalue weighted by atomic mass is 10.2. The van der Waals surface area contributed by atoms with Gasteiger partial charge in [-0.2, -0.15) is 0 Å². The first-order valence-corrected chi connectivity index (χ1v) is 7.24. The van der Waals surface area contributed by atoms with Gasteiger partial charge in [-0.05, 0) is 35.9 Å². The molecule has 4 heteroatoms. The van der Waals surface area contributed by atoms with Crippen molar-refractivity contribution in [3.8, 4) is 0 Å². The van der Waals surface area contributed by atoms with E-state index in [0.29, 0.717) is 5.02 Å². The van der Waals surface area contributed by atoms with Crippen LogP contribution in [0.2, 0.25) is 5.02 Å². The van der Waals surface area contributed by atoms with E-state index in [4.69, 9.17) is 11.6 Å². The topological polar surface area (TPSA) is 34.1 Å². The molecule has 0 heterocycles. The van der Waals surface area contributed by atoms with Crippen molar-refractivity contribution in [3.05, 3.63) is 70.6 Å². The highest BCUT2D eigenvalue weighted by Crippen LogP contribution is 2.15. The number of benzene rings is 2. The maximum Gasteiger partial charge on any atom is 0.199 e. The fraction of sp³-hybridized carbons (Fsp3) is 0. The van der Waals surface area contributed by atoms with Crippen LogP contribution in [0.1, 0.15) is 5.56 Å². The summed E-state index contributed by atoms with van der Waals surface area (Å²) in [5.74, 6) is 0. The van der Waals surface area contributed by atoms with Crippen molar-refractivity contribution < 1.29 is 8.42 Å². The number of rotatable bonds is 3. The molecule has 2 rings (SSSR count). The minimum absolute atomic E-state index is 0.281. The molecule has 0 fully saturated rings. The third kappa shape index (κ3) is 3.22. The molecule has 0 saturated heterocycles. The van der Waals surface area contributed by atoms with E-state index in [2.05, 4.69) is 0 Å². The van der Waals surface area contributed by atoms with Crippen LogP contribution in [0.4, 0.5) is 0 Å². The Labute approximate surface area is 111 Å². The van der Waals surface area contributed by atoms with Crippen molar-refractivity contribution in [3.63, 3.8) is 0 Å². The summed E-state index contributed by atoms with van der Waals surface area (Å²) in [5, 5.41) is 1.77. The van der Waals surface area contributed by atoms with Gasteiger partial charge in [0, 0.05) is 10.4 Å². The lowest BCUT2D eigenvalue weighted by Gasteiger charge is -1.98. The summed E-state index contributed by atoms with van der Waals surface area (Å²) >= 11 is 5.83. The van der Waals surface area contributed by atoms with Crippen LogP contribution < -0.4 is 0 Å². The second-order valence-corrected chi connectivity index (χ2v) is 5.99. The zero-order chi connectivity index (χ0) is 13.0. The van der Waals surface area contributed by atoms with Crippen molar-refractivity contribution in [2.75, 3.05) is 0 Å². The Morgan fingerprint density at radius 2 is 1.67 bits per heavy atom. The van der Waals surface area contributed by atoms with E-state index in [1.807, 2.05) is 0 Å². The van der Waals surface area contributed by atoms with E-state index < -0.39 is 9.84 Å². The first kappa shape index (κ1) is 12.9. The maximum absolute atomic E-state index is 12.0. The standard InChI is InChI=1S/C14H11ClO2S/c15-13-6-4-5-12(11-13)9-10-18(16,17)14-7-2-1-3-8-14/h1-11H/b10-9+. The Morgan fingerprint density at radius 3 is 2.33 bits per heavy atom. The molecule has 0 aliphatic heterocycles. The van der Waals surface area contributed by atoms with E-state index in [0.717, 1.165) is 5.56 Å². The molecule has 0 bridgehead atoms. The van der Waals surface area contributed by atoms with Crippen LogP contribution >= 0.6 is 11.6 Å². The van der Waals surface area contributed by atoms with E-state index in [-0.39, 0.29) is 4.90 Å².